The van der Waals surface area contributed by atoms with Gasteiger partial charge in [0.15, 0.2) is 0 Å². The van der Waals surface area contributed by atoms with E-state index in [2.05, 4.69) is 34.6 Å². The Balaban J connectivity index is 1.58. The van der Waals surface area contributed by atoms with E-state index in [1.807, 2.05) is 12.1 Å². The minimum atomic E-state index is -0.00627. The van der Waals surface area contributed by atoms with Crippen LogP contribution in [-0.4, -0.2) is 43.0 Å². The van der Waals surface area contributed by atoms with Crippen molar-refractivity contribution in [3.05, 3.63) is 29.8 Å². The maximum atomic E-state index is 12.5. The van der Waals surface area contributed by atoms with Crippen LogP contribution in [0.1, 0.15) is 37.7 Å². The zero-order valence-corrected chi connectivity index (χ0v) is 12.8. The van der Waals surface area contributed by atoms with E-state index in [9.17, 15) is 4.79 Å². The van der Waals surface area contributed by atoms with Gasteiger partial charge in [0.25, 0.3) is 0 Å². The summed E-state index contributed by atoms with van der Waals surface area (Å²) < 4.78 is 0. The highest BCUT2D eigenvalue weighted by atomic mass is 16.1. The predicted octanol–water partition coefficient (Wildman–Crippen LogP) is 2.19. The Labute approximate surface area is 126 Å². The van der Waals surface area contributed by atoms with Crippen molar-refractivity contribution < 1.29 is 4.79 Å². The average molecular weight is 287 g/mol. The molecule has 1 amide bonds. The molecule has 1 aromatic carbocycles. The summed E-state index contributed by atoms with van der Waals surface area (Å²) in [6.45, 7) is 6.18. The number of carbonyl (C=O) groups excluding carboxylic acids is 1. The van der Waals surface area contributed by atoms with Gasteiger partial charge in [-0.05, 0) is 50.9 Å². The van der Waals surface area contributed by atoms with Crippen LogP contribution in [0.5, 0.6) is 0 Å². The summed E-state index contributed by atoms with van der Waals surface area (Å²) in [7, 11) is 0. The molecular formula is C17H25N3O. The van der Waals surface area contributed by atoms with E-state index in [0.717, 1.165) is 30.8 Å². The number of hydrogen-bond donors (Lipinski definition) is 2. The third-order valence-corrected chi connectivity index (χ3v) is 4.74. The van der Waals surface area contributed by atoms with Crippen LogP contribution in [0.3, 0.4) is 0 Å². The van der Waals surface area contributed by atoms with E-state index in [1.165, 1.54) is 25.9 Å². The first-order valence-electron chi connectivity index (χ1n) is 8.10. The highest BCUT2D eigenvalue weighted by Crippen LogP contribution is 2.31. The van der Waals surface area contributed by atoms with Crippen LogP contribution in [-0.2, 0) is 4.79 Å². The molecule has 0 saturated carbocycles. The number of para-hydroxylation sites is 1. The van der Waals surface area contributed by atoms with E-state index in [0.29, 0.717) is 6.04 Å². The van der Waals surface area contributed by atoms with Crippen molar-refractivity contribution in [1.29, 1.82) is 0 Å². The van der Waals surface area contributed by atoms with Crippen molar-refractivity contribution in [3.8, 4) is 0 Å². The van der Waals surface area contributed by atoms with Crippen LogP contribution in [0.4, 0.5) is 5.69 Å². The second-order valence-corrected chi connectivity index (χ2v) is 6.19. The number of anilines is 1. The molecular weight excluding hydrogens is 262 g/mol. The van der Waals surface area contributed by atoms with Crippen molar-refractivity contribution in [3.63, 3.8) is 0 Å². The van der Waals surface area contributed by atoms with Gasteiger partial charge in [-0.25, -0.2) is 0 Å². The lowest BCUT2D eigenvalue weighted by Crippen LogP contribution is -2.42. The maximum absolute atomic E-state index is 12.5. The predicted molar refractivity (Wildman–Crippen MR) is 85.6 cm³/mol. The molecule has 114 valence electrons. The van der Waals surface area contributed by atoms with Crippen molar-refractivity contribution in [2.45, 2.75) is 38.1 Å². The van der Waals surface area contributed by atoms with E-state index < -0.39 is 0 Å². The van der Waals surface area contributed by atoms with E-state index in [1.54, 1.807) is 0 Å². The second-order valence-electron chi connectivity index (χ2n) is 6.19. The van der Waals surface area contributed by atoms with E-state index in [4.69, 9.17) is 0 Å². The first-order chi connectivity index (χ1) is 10.3. The van der Waals surface area contributed by atoms with Crippen LogP contribution >= 0.6 is 0 Å². The zero-order chi connectivity index (χ0) is 14.7. The number of nitrogens with one attached hydrogen (secondary N) is 2. The minimum absolute atomic E-state index is 0.00627. The molecule has 2 heterocycles. The maximum Gasteiger partial charge on any atom is 0.227 e. The lowest BCUT2D eigenvalue weighted by Gasteiger charge is -2.28. The van der Waals surface area contributed by atoms with Crippen molar-refractivity contribution in [2.24, 2.45) is 0 Å². The Morgan fingerprint density at radius 3 is 2.95 bits per heavy atom. The molecule has 0 aromatic heterocycles. The molecule has 1 fully saturated rings. The van der Waals surface area contributed by atoms with Crippen molar-refractivity contribution in [2.75, 3.05) is 31.5 Å². The molecule has 0 bridgehead atoms. The lowest BCUT2D eigenvalue weighted by atomic mass is 9.90. The van der Waals surface area contributed by atoms with Crippen molar-refractivity contribution >= 4 is 11.6 Å². The summed E-state index contributed by atoms with van der Waals surface area (Å²) >= 11 is 0. The first-order valence-corrected chi connectivity index (χ1v) is 8.10. The van der Waals surface area contributed by atoms with Gasteiger partial charge in [0.05, 0.1) is 5.92 Å². The summed E-state index contributed by atoms with van der Waals surface area (Å²) in [5.41, 5.74) is 2.24. The van der Waals surface area contributed by atoms with Gasteiger partial charge in [-0.15, -0.1) is 0 Å². The summed E-state index contributed by atoms with van der Waals surface area (Å²) in [4.78, 5) is 15.0. The molecule has 1 aromatic rings. The van der Waals surface area contributed by atoms with Crippen LogP contribution in [0.15, 0.2) is 24.3 Å². The summed E-state index contributed by atoms with van der Waals surface area (Å²) in [6, 6.07) is 8.59. The molecule has 21 heavy (non-hydrogen) atoms. The minimum Gasteiger partial charge on any atom is -0.385 e. The third kappa shape index (κ3) is 3.21. The Bertz CT molecular complexity index is 497. The average Bonchev–Trinajstić information content (AvgIpc) is 3.06. The molecule has 0 aliphatic carbocycles. The molecule has 1 saturated heterocycles. The number of fused-ring (bicyclic) bond motifs is 1. The number of amides is 1. The lowest BCUT2D eigenvalue weighted by molar-refractivity contribution is -0.122. The van der Waals surface area contributed by atoms with E-state index >= 15 is 0 Å². The summed E-state index contributed by atoms with van der Waals surface area (Å²) in [5, 5.41) is 6.53. The highest BCUT2D eigenvalue weighted by Gasteiger charge is 2.26. The second kappa shape index (κ2) is 6.48. The summed E-state index contributed by atoms with van der Waals surface area (Å²) in [5.74, 6) is 0.170. The molecule has 2 unspecified atom stereocenters. The molecule has 0 radical (unpaired) electrons. The Kier molecular flexibility index (Phi) is 4.44. The van der Waals surface area contributed by atoms with Gasteiger partial charge in [-0.1, -0.05) is 18.2 Å². The first kappa shape index (κ1) is 14.4. The normalized spacial score (nSPS) is 23.2. The SMILES string of the molecule is CC(CNC(=O)C1CCNc2ccccc21)N1CCCC1. The topological polar surface area (TPSA) is 44.4 Å². The largest absolute Gasteiger partial charge is 0.385 e. The fraction of sp³-hybridized carbons (Fsp3) is 0.588. The number of hydrogen-bond acceptors (Lipinski definition) is 3. The molecule has 0 spiro atoms. The van der Waals surface area contributed by atoms with Crippen molar-refractivity contribution in [1.82, 2.24) is 10.2 Å². The Morgan fingerprint density at radius 2 is 2.14 bits per heavy atom. The standard InChI is InChI=1S/C17H25N3O/c1-13(20-10-4-5-11-20)12-19-17(21)15-8-9-18-16-7-3-2-6-14(15)16/h2-3,6-7,13,15,18H,4-5,8-12H2,1H3,(H,19,21). The highest BCUT2D eigenvalue weighted by molar-refractivity contribution is 5.86. The molecule has 2 N–H and O–H groups in total. The molecule has 2 aliphatic heterocycles. The van der Waals surface area contributed by atoms with Gasteiger partial charge >= 0.3 is 0 Å². The van der Waals surface area contributed by atoms with Gasteiger partial charge in [0, 0.05) is 24.8 Å². The Hall–Kier alpha value is -1.55. The molecule has 2 atom stereocenters. The molecule has 2 aliphatic rings. The number of nitrogens with zero attached hydrogens (tertiary/aromatic N) is 1. The fourth-order valence-electron chi connectivity index (χ4n) is 3.42. The summed E-state index contributed by atoms with van der Waals surface area (Å²) in [6.07, 6.45) is 3.46. The number of likely N-dealkylation sites (tertiary alicyclic amines) is 1. The number of benzene rings is 1. The zero-order valence-electron chi connectivity index (χ0n) is 12.8. The number of rotatable bonds is 4. The van der Waals surface area contributed by atoms with Gasteiger partial charge in [-0.3, -0.25) is 9.69 Å². The monoisotopic (exact) mass is 287 g/mol. The van der Waals surface area contributed by atoms with Crippen LogP contribution in [0.25, 0.3) is 0 Å². The Morgan fingerprint density at radius 1 is 1.38 bits per heavy atom. The fourth-order valence-corrected chi connectivity index (χ4v) is 3.42. The van der Waals surface area contributed by atoms with Gasteiger partial charge in [-0.2, -0.15) is 0 Å². The van der Waals surface area contributed by atoms with Gasteiger partial charge in [0.2, 0.25) is 5.91 Å². The smallest absolute Gasteiger partial charge is 0.227 e. The third-order valence-electron chi connectivity index (χ3n) is 4.74. The quantitative estimate of drug-likeness (QED) is 0.892. The van der Waals surface area contributed by atoms with Crippen LogP contribution in [0.2, 0.25) is 0 Å². The van der Waals surface area contributed by atoms with Crippen LogP contribution in [0, 0.1) is 0 Å². The van der Waals surface area contributed by atoms with Gasteiger partial charge in [0.1, 0.15) is 0 Å². The van der Waals surface area contributed by atoms with Crippen LogP contribution < -0.4 is 10.6 Å². The number of carbonyl (C=O) groups is 1. The van der Waals surface area contributed by atoms with Gasteiger partial charge < -0.3 is 10.6 Å². The molecule has 4 nitrogen and oxygen atoms in total. The molecule has 3 rings (SSSR count). The molecule has 4 heteroatoms. The van der Waals surface area contributed by atoms with E-state index in [-0.39, 0.29) is 11.8 Å².